The van der Waals surface area contributed by atoms with E-state index in [1.54, 1.807) is 30.1 Å². The highest BCUT2D eigenvalue weighted by Crippen LogP contribution is 2.68. The number of rotatable bonds is 22. The Morgan fingerprint density at radius 1 is 0.882 bits per heavy atom. The van der Waals surface area contributed by atoms with Crippen molar-refractivity contribution in [2.45, 2.75) is 113 Å². The van der Waals surface area contributed by atoms with Crippen LogP contribution in [0.2, 0.25) is 0 Å². The molecule has 0 saturated heterocycles. The molecular weight excluding hydrogens is 976 g/mol. The number of alkyl halides is 3. The quantitative estimate of drug-likeness (QED) is 0.108. The number of nitriles is 1. The first-order chi connectivity index (χ1) is 36.0. The Morgan fingerprint density at radius 3 is 2.08 bits per heavy atom. The first kappa shape index (κ1) is 58.2. The van der Waals surface area contributed by atoms with E-state index in [4.69, 9.17) is 18.9 Å². The van der Waals surface area contributed by atoms with Gasteiger partial charge in [0.05, 0.1) is 69.7 Å². The molecule has 0 radical (unpaired) electrons. The van der Waals surface area contributed by atoms with E-state index in [0.717, 1.165) is 60.9 Å². The van der Waals surface area contributed by atoms with Gasteiger partial charge in [-0.15, -0.1) is 0 Å². The van der Waals surface area contributed by atoms with Crippen LogP contribution in [-0.4, -0.2) is 102 Å². The van der Waals surface area contributed by atoms with Crippen LogP contribution in [0.15, 0.2) is 76.8 Å². The molecule has 76 heavy (non-hydrogen) atoms. The molecule has 0 bridgehead atoms. The fourth-order valence-electron chi connectivity index (χ4n) is 13.1. The number of halogens is 3. The zero-order valence-electron chi connectivity index (χ0n) is 46.0. The highest BCUT2D eigenvalue weighted by Gasteiger charge is 2.64. The molecular formula is C60H78F3N5O8. The van der Waals surface area contributed by atoms with Crippen molar-refractivity contribution >= 4 is 46.2 Å². The molecule has 13 nitrogen and oxygen atoms in total. The summed E-state index contributed by atoms with van der Waals surface area (Å²) in [5.41, 5.74) is 1.42. The van der Waals surface area contributed by atoms with E-state index in [0.29, 0.717) is 94.8 Å². The average molecular weight is 1050 g/mol. The minimum atomic E-state index is -4.45. The molecule has 2 aromatic rings. The Morgan fingerprint density at radius 2 is 1.50 bits per heavy atom. The normalized spacial score (nSPS) is 27.0. The lowest BCUT2D eigenvalue weighted by atomic mass is 9.41. The summed E-state index contributed by atoms with van der Waals surface area (Å²) in [7, 11) is 1.62. The third kappa shape index (κ3) is 11.8. The van der Waals surface area contributed by atoms with Gasteiger partial charge in [-0.1, -0.05) is 72.6 Å². The Labute approximate surface area is 447 Å². The number of nitrogens with zero attached hydrogens (tertiary/aromatic N) is 3. The number of benzene rings is 2. The van der Waals surface area contributed by atoms with Gasteiger partial charge in [-0.05, 0) is 123 Å². The third-order valence-corrected chi connectivity index (χ3v) is 17.7. The highest BCUT2D eigenvalue weighted by molar-refractivity contribution is 6.37. The molecule has 4 aliphatic carbocycles. The van der Waals surface area contributed by atoms with Crippen molar-refractivity contribution < 1.29 is 51.3 Å². The summed E-state index contributed by atoms with van der Waals surface area (Å²) in [6.45, 7) is 20.1. The minimum absolute atomic E-state index is 0.0150. The van der Waals surface area contributed by atoms with E-state index in [1.807, 2.05) is 39.0 Å². The van der Waals surface area contributed by atoms with E-state index >= 15 is 0 Å². The van der Waals surface area contributed by atoms with Crippen molar-refractivity contribution in [3.8, 4) is 6.07 Å². The molecule has 0 aromatic heterocycles. The maximum Gasteiger partial charge on any atom is 0.416 e. The van der Waals surface area contributed by atoms with Gasteiger partial charge in [0.15, 0.2) is 11.6 Å². The Kier molecular flexibility index (Phi) is 18.1. The van der Waals surface area contributed by atoms with E-state index in [9.17, 15) is 37.6 Å². The number of aliphatic imine (C=N–C) groups is 1. The summed E-state index contributed by atoms with van der Waals surface area (Å²) < 4.78 is 62.5. The minimum Gasteiger partial charge on any atom is -0.377 e. The summed E-state index contributed by atoms with van der Waals surface area (Å²) >= 11 is 0. The van der Waals surface area contributed by atoms with Crippen LogP contribution in [0, 0.1) is 56.2 Å². The monoisotopic (exact) mass is 1050 g/mol. The summed E-state index contributed by atoms with van der Waals surface area (Å²) in [5, 5.41) is 16.1. The molecule has 2 unspecified atom stereocenters. The zero-order chi connectivity index (χ0) is 55.3. The van der Waals surface area contributed by atoms with Crippen LogP contribution >= 0.6 is 0 Å². The second-order valence-corrected chi connectivity index (χ2v) is 23.0. The molecule has 2 aromatic carbocycles. The van der Waals surface area contributed by atoms with Crippen molar-refractivity contribution in [2.75, 3.05) is 77.9 Å². The lowest BCUT2D eigenvalue weighted by Crippen LogP contribution is -2.58. The van der Waals surface area contributed by atoms with Gasteiger partial charge in [0.1, 0.15) is 11.9 Å². The standard InChI is InChI=1S/C60H78F3N5O8/c1-10-43-44-34-39(12-17-47(44)68(52(43)65-9)42-15-13-41(14-16-42)60(61,62)63)53(71)66-24-26-73-28-30-75-32-33-76-31-29-74-27-25-67-54(72)59(23-22-55(3,4)11-2)21-18-46-45(37-59)48(69)35-50-57(46,7)20-19-49-56(5,6)51(70)40(38-64)36-58(49,50)8/h10,12-17,34-36,45-46,49H,11,18-33,37H2,1-9H3,(H,66,71)(H,67,72)/t45-,46?,49?,57+,58+,59-/m1/s1. The van der Waals surface area contributed by atoms with Crippen LogP contribution in [0.5, 0.6) is 0 Å². The smallest absolute Gasteiger partial charge is 0.377 e. The van der Waals surface area contributed by atoms with Crippen LogP contribution < -0.4 is 15.5 Å². The molecule has 6 atom stereocenters. The second-order valence-electron chi connectivity index (χ2n) is 23.0. The van der Waals surface area contributed by atoms with Gasteiger partial charge in [-0.2, -0.15) is 18.4 Å². The van der Waals surface area contributed by atoms with Gasteiger partial charge in [0.2, 0.25) is 5.91 Å². The number of carbonyl (C=O) groups excluding carboxylic acids is 4. The van der Waals surface area contributed by atoms with Gasteiger partial charge in [0.25, 0.3) is 5.91 Å². The average Bonchev–Trinajstić information content (AvgIpc) is 3.84. The van der Waals surface area contributed by atoms with E-state index in [2.05, 4.69) is 56.3 Å². The Balaban J connectivity index is 0.791. The summed E-state index contributed by atoms with van der Waals surface area (Å²) in [4.78, 5) is 61.5. The maximum absolute atomic E-state index is 14.4. The molecule has 0 spiro atoms. The number of ether oxygens (including phenoxy) is 4. The number of fused-ring (bicyclic) bond motifs is 6. The molecule has 2 fully saturated rings. The van der Waals surface area contributed by atoms with Gasteiger partial charge in [-0.25, -0.2) is 0 Å². The van der Waals surface area contributed by atoms with Crippen LogP contribution in [0.3, 0.4) is 0 Å². The molecule has 16 heteroatoms. The van der Waals surface area contributed by atoms with Gasteiger partial charge < -0.3 is 29.6 Å². The Bertz CT molecular complexity index is 2670. The lowest BCUT2D eigenvalue weighted by Gasteiger charge is -2.62. The number of nitrogens with one attached hydrogen (secondary N) is 2. The van der Waals surface area contributed by atoms with Crippen LogP contribution in [0.1, 0.15) is 128 Å². The van der Waals surface area contributed by atoms with Gasteiger partial charge in [0, 0.05) is 64.7 Å². The van der Waals surface area contributed by atoms with Gasteiger partial charge in [-0.3, -0.25) is 29.1 Å². The van der Waals surface area contributed by atoms with Crippen molar-refractivity contribution in [3.05, 3.63) is 88.5 Å². The lowest BCUT2D eigenvalue weighted by molar-refractivity contribution is -0.143. The molecule has 2 saturated carbocycles. The predicted molar refractivity (Wildman–Crippen MR) is 287 cm³/mol. The van der Waals surface area contributed by atoms with E-state index in [-0.39, 0.29) is 70.7 Å². The first-order valence-electron chi connectivity index (χ1n) is 27.1. The molecule has 5 aliphatic rings. The number of hydrogen-bond acceptors (Lipinski definition) is 10. The van der Waals surface area contributed by atoms with Crippen molar-refractivity contribution in [3.63, 3.8) is 0 Å². The molecule has 2 N–H and O–H groups in total. The highest BCUT2D eigenvalue weighted by atomic mass is 19.4. The van der Waals surface area contributed by atoms with E-state index < -0.39 is 28.0 Å². The van der Waals surface area contributed by atoms with E-state index in [1.165, 1.54) is 12.1 Å². The number of Topliss-reactive ketones (excluding diaryl/α,β-unsaturated/α-hetero) is 1. The van der Waals surface area contributed by atoms with Crippen molar-refractivity contribution in [1.29, 1.82) is 5.26 Å². The number of anilines is 2. The predicted octanol–water partition coefficient (Wildman–Crippen LogP) is 10.8. The van der Waals surface area contributed by atoms with Crippen LogP contribution in [0.4, 0.5) is 24.5 Å². The molecule has 1 heterocycles. The fourth-order valence-corrected chi connectivity index (χ4v) is 13.1. The second kappa shape index (κ2) is 23.6. The number of amidine groups is 1. The van der Waals surface area contributed by atoms with Crippen molar-refractivity contribution in [1.82, 2.24) is 10.6 Å². The summed E-state index contributed by atoms with van der Waals surface area (Å²) in [6, 6.07) is 12.3. The van der Waals surface area contributed by atoms with Crippen LogP contribution in [-0.2, 0) is 39.5 Å². The van der Waals surface area contributed by atoms with Crippen molar-refractivity contribution in [2.24, 2.45) is 49.8 Å². The molecule has 1 aliphatic heterocycles. The molecule has 412 valence electrons. The maximum atomic E-state index is 14.4. The number of ketones is 2. The molecule has 2 amide bonds. The number of allylic oxidation sites excluding steroid dienone is 5. The topological polar surface area (TPSA) is 169 Å². The third-order valence-electron chi connectivity index (χ3n) is 17.7. The van der Waals surface area contributed by atoms with Crippen LogP contribution in [0.25, 0.3) is 5.57 Å². The number of hydrogen-bond donors (Lipinski definition) is 2. The largest absolute Gasteiger partial charge is 0.416 e. The summed E-state index contributed by atoms with van der Waals surface area (Å²) in [5.74, 6) is -0.0292. The first-order valence-corrected chi connectivity index (χ1v) is 27.1. The Hall–Kier alpha value is -5.47. The number of amides is 2. The van der Waals surface area contributed by atoms with Gasteiger partial charge >= 0.3 is 6.18 Å². The SMILES string of the molecule is CC=C1C(=NC)N(c2ccc(C(F)(F)F)cc2)c2ccc(C(=O)NCCOCCOCCOCCOCCNC(=O)[C@@]3(CCC(C)(C)CC)CCC4[C@@H](C3)C(=O)C=C3[C@@]5(C)C=C(C#N)C(=O)C(C)(C)C5CC[C@]34C)cc21. The number of carbonyl (C=O) groups is 4. The summed E-state index contributed by atoms with van der Waals surface area (Å²) in [6.07, 6.45) is 7.30. The zero-order valence-corrected chi connectivity index (χ0v) is 46.0. The fraction of sp³-hybridized carbons (Fsp3) is 0.600. The molecule has 7 rings (SSSR count).